The molecular weight excluding hydrogens is 284 g/mol. The molecule has 0 saturated carbocycles. The average Bonchev–Trinajstić information content (AvgIpc) is 2.60. The molecule has 0 aliphatic rings. The van der Waals surface area contributed by atoms with Crippen molar-refractivity contribution in [1.29, 1.82) is 0 Å². The number of hydrogen-bond acceptors (Lipinski definition) is 2. The van der Waals surface area contributed by atoms with Crippen LogP contribution in [0.1, 0.15) is 70.8 Å². The Bertz CT molecular complexity index is 384. The largest absolute Gasteiger partial charge is 0.353 e. The molecule has 0 saturated heterocycles. The van der Waals surface area contributed by atoms with Gasteiger partial charge in [-0.05, 0) is 31.7 Å². The van der Waals surface area contributed by atoms with Gasteiger partial charge in [0.05, 0.1) is 0 Å². The minimum atomic E-state index is -0.474. The summed E-state index contributed by atoms with van der Waals surface area (Å²) in [5.41, 5.74) is 1.40. The van der Waals surface area contributed by atoms with Crippen LogP contribution in [0.3, 0.4) is 0 Å². The highest BCUT2D eigenvalue weighted by atomic mass is 16.7. The van der Waals surface area contributed by atoms with Crippen LogP contribution in [0.15, 0.2) is 30.3 Å². The molecule has 0 aliphatic heterocycles. The van der Waals surface area contributed by atoms with Crippen molar-refractivity contribution in [2.75, 3.05) is 14.2 Å². The highest BCUT2D eigenvalue weighted by Gasteiger charge is 2.33. The molecule has 132 valence electrons. The zero-order chi connectivity index (χ0) is 17.0. The van der Waals surface area contributed by atoms with Crippen LogP contribution in [0, 0.1) is 5.92 Å². The standard InChI is InChI=1S/C21H36O2/c1-5-6-7-8-9-13-16-20(21(2,22-3)23-4)18-17-19-14-11-10-12-15-19/h10-12,14-15,20H,5-9,13,16-18H2,1-4H3. The molecule has 1 aromatic carbocycles. The van der Waals surface area contributed by atoms with E-state index in [9.17, 15) is 0 Å². The van der Waals surface area contributed by atoms with Gasteiger partial charge in [0.25, 0.3) is 0 Å². The van der Waals surface area contributed by atoms with Gasteiger partial charge in [-0.25, -0.2) is 0 Å². The van der Waals surface area contributed by atoms with Gasteiger partial charge in [-0.3, -0.25) is 0 Å². The van der Waals surface area contributed by atoms with E-state index in [-0.39, 0.29) is 0 Å². The third-order valence-corrected chi connectivity index (χ3v) is 5.08. The molecule has 0 radical (unpaired) electrons. The van der Waals surface area contributed by atoms with E-state index in [1.54, 1.807) is 14.2 Å². The first-order chi connectivity index (χ1) is 11.2. The molecule has 0 heterocycles. The minimum absolute atomic E-state index is 0.434. The van der Waals surface area contributed by atoms with E-state index in [4.69, 9.17) is 9.47 Å². The molecule has 0 aromatic heterocycles. The molecular formula is C21H36O2. The summed E-state index contributed by atoms with van der Waals surface area (Å²) in [4.78, 5) is 0. The van der Waals surface area contributed by atoms with Gasteiger partial charge in [0.1, 0.15) is 0 Å². The van der Waals surface area contributed by atoms with Crippen LogP contribution in [0.4, 0.5) is 0 Å². The summed E-state index contributed by atoms with van der Waals surface area (Å²) in [5.74, 6) is -0.0399. The maximum absolute atomic E-state index is 5.71. The van der Waals surface area contributed by atoms with E-state index < -0.39 is 5.79 Å². The van der Waals surface area contributed by atoms with Crippen molar-refractivity contribution >= 4 is 0 Å². The predicted octanol–water partition coefficient (Wildman–Crippen LogP) is 6.00. The Morgan fingerprint density at radius 3 is 2.09 bits per heavy atom. The Morgan fingerprint density at radius 2 is 1.48 bits per heavy atom. The molecule has 1 atom stereocenters. The molecule has 0 fully saturated rings. The van der Waals surface area contributed by atoms with E-state index in [0.29, 0.717) is 5.92 Å². The smallest absolute Gasteiger partial charge is 0.167 e. The summed E-state index contributed by atoms with van der Waals surface area (Å²) < 4.78 is 11.4. The first-order valence-electron chi connectivity index (χ1n) is 9.30. The van der Waals surface area contributed by atoms with Crippen LogP contribution < -0.4 is 0 Å². The highest BCUT2D eigenvalue weighted by Crippen LogP contribution is 2.31. The summed E-state index contributed by atoms with van der Waals surface area (Å²) in [5, 5.41) is 0. The summed E-state index contributed by atoms with van der Waals surface area (Å²) in [6, 6.07) is 10.7. The molecule has 2 nitrogen and oxygen atoms in total. The normalized spacial score (nSPS) is 13.2. The lowest BCUT2D eigenvalue weighted by molar-refractivity contribution is -0.229. The predicted molar refractivity (Wildman–Crippen MR) is 98.7 cm³/mol. The van der Waals surface area contributed by atoms with Crippen molar-refractivity contribution in [3.05, 3.63) is 35.9 Å². The van der Waals surface area contributed by atoms with E-state index in [1.165, 1.54) is 50.5 Å². The van der Waals surface area contributed by atoms with E-state index in [2.05, 4.69) is 44.2 Å². The maximum atomic E-state index is 5.71. The van der Waals surface area contributed by atoms with Crippen LogP contribution in [0.2, 0.25) is 0 Å². The number of ether oxygens (including phenoxy) is 2. The van der Waals surface area contributed by atoms with E-state index >= 15 is 0 Å². The van der Waals surface area contributed by atoms with E-state index in [0.717, 1.165) is 12.8 Å². The SMILES string of the molecule is CCCCCCCCC(CCc1ccccc1)C(C)(OC)OC. The summed E-state index contributed by atoms with van der Waals surface area (Å²) in [7, 11) is 3.53. The second-order valence-electron chi connectivity index (χ2n) is 6.70. The van der Waals surface area contributed by atoms with Crippen molar-refractivity contribution in [3.8, 4) is 0 Å². The van der Waals surface area contributed by atoms with Crippen molar-refractivity contribution in [2.24, 2.45) is 5.92 Å². The molecule has 0 spiro atoms. The number of unbranched alkanes of at least 4 members (excludes halogenated alkanes) is 5. The fourth-order valence-corrected chi connectivity index (χ4v) is 3.24. The van der Waals surface area contributed by atoms with Crippen LogP contribution in [0.25, 0.3) is 0 Å². The molecule has 0 aliphatic carbocycles. The van der Waals surface area contributed by atoms with Gasteiger partial charge >= 0.3 is 0 Å². The Labute approximate surface area is 143 Å². The van der Waals surface area contributed by atoms with Gasteiger partial charge in [0.15, 0.2) is 5.79 Å². The third kappa shape index (κ3) is 7.50. The van der Waals surface area contributed by atoms with Gasteiger partial charge in [-0.15, -0.1) is 0 Å². The third-order valence-electron chi connectivity index (χ3n) is 5.08. The fourth-order valence-electron chi connectivity index (χ4n) is 3.24. The Kier molecular flexibility index (Phi) is 10.2. The fraction of sp³-hybridized carbons (Fsp3) is 0.714. The molecule has 0 bridgehead atoms. The average molecular weight is 321 g/mol. The molecule has 1 aromatic rings. The van der Waals surface area contributed by atoms with Gasteiger partial charge in [-0.1, -0.05) is 75.8 Å². The van der Waals surface area contributed by atoms with Gasteiger partial charge in [0.2, 0.25) is 0 Å². The lowest BCUT2D eigenvalue weighted by Gasteiger charge is -2.35. The van der Waals surface area contributed by atoms with Crippen molar-refractivity contribution < 1.29 is 9.47 Å². The number of aryl methyl sites for hydroxylation is 1. The Morgan fingerprint density at radius 1 is 0.870 bits per heavy atom. The van der Waals surface area contributed by atoms with Crippen LogP contribution in [0.5, 0.6) is 0 Å². The van der Waals surface area contributed by atoms with Crippen molar-refractivity contribution in [1.82, 2.24) is 0 Å². The summed E-state index contributed by atoms with van der Waals surface area (Å²) >= 11 is 0. The van der Waals surface area contributed by atoms with Crippen LogP contribution in [-0.4, -0.2) is 20.0 Å². The second kappa shape index (κ2) is 11.6. The Hall–Kier alpha value is -0.860. The number of methoxy groups -OCH3 is 2. The zero-order valence-electron chi connectivity index (χ0n) is 15.6. The molecule has 0 amide bonds. The molecule has 1 unspecified atom stereocenters. The highest BCUT2D eigenvalue weighted by molar-refractivity contribution is 5.14. The first-order valence-corrected chi connectivity index (χ1v) is 9.30. The van der Waals surface area contributed by atoms with Gasteiger partial charge in [0, 0.05) is 20.1 Å². The number of hydrogen-bond donors (Lipinski definition) is 0. The van der Waals surface area contributed by atoms with Gasteiger partial charge in [-0.2, -0.15) is 0 Å². The lowest BCUT2D eigenvalue weighted by atomic mass is 9.87. The topological polar surface area (TPSA) is 18.5 Å². The quantitative estimate of drug-likeness (QED) is 0.328. The van der Waals surface area contributed by atoms with Gasteiger partial charge < -0.3 is 9.47 Å². The zero-order valence-corrected chi connectivity index (χ0v) is 15.6. The van der Waals surface area contributed by atoms with Crippen LogP contribution >= 0.6 is 0 Å². The van der Waals surface area contributed by atoms with Crippen LogP contribution in [-0.2, 0) is 15.9 Å². The lowest BCUT2D eigenvalue weighted by Crippen LogP contribution is -2.39. The second-order valence-corrected chi connectivity index (χ2v) is 6.70. The first kappa shape index (κ1) is 20.2. The minimum Gasteiger partial charge on any atom is -0.353 e. The van der Waals surface area contributed by atoms with Crippen molar-refractivity contribution in [2.45, 2.75) is 77.4 Å². The van der Waals surface area contributed by atoms with Crippen molar-refractivity contribution in [3.63, 3.8) is 0 Å². The number of benzene rings is 1. The Balaban J connectivity index is 2.49. The summed E-state index contributed by atoms with van der Waals surface area (Å²) in [6.45, 7) is 4.35. The molecule has 23 heavy (non-hydrogen) atoms. The maximum Gasteiger partial charge on any atom is 0.167 e. The van der Waals surface area contributed by atoms with E-state index in [1.807, 2.05) is 0 Å². The molecule has 1 rings (SSSR count). The monoisotopic (exact) mass is 320 g/mol. The summed E-state index contributed by atoms with van der Waals surface area (Å²) in [6.07, 6.45) is 11.4. The number of rotatable bonds is 13. The molecule has 2 heteroatoms. The molecule has 0 N–H and O–H groups in total.